The standard InChI is InChI=1S/C20H24FN3O/c1-24(18-9-5-8-17(21)13-18)20(25)23-19-11-10-16(14-22-19)12-15-6-3-2-4-7-15/h2-9,13,16,19,22H,10-12,14H2,1H3,(H,23,25)/t16-,19+/m0/s1. The van der Waals surface area contributed by atoms with Crippen LogP contribution in [-0.4, -0.2) is 25.8 Å². The molecule has 0 unspecified atom stereocenters. The Morgan fingerprint density at radius 1 is 1.20 bits per heavy atom. The first-order valence-electron chi connectivity index (χ1n) is 8.69. The van der Waals surface area contributed by atoms with Crippen molar-refractivity contribution < 1.29 is 9.18 Å². The fourth-order valence-electron chi connectivity index (χ4n) is 3.21. The summed E-state index contributed by atoms with van der Waals surface area (Å²) >= 11 is 0. The molecule has 0 aliphatic carbocycles. The van der Waals surface area contributed by atoms with Crippen LogP contribution < -0.4 is 15.5 Å². The van der Waals surface area contributed by atoms with Crippen LogP contribution in [0.25, 0.3) is 0 Å². The lowest BCUT2D eigenvalue weighted by Gasteiger charge is -2.31. The summed E-state index contributed by atoms with van der Waals surface area (Å²) < 4.78 is 13.3. The van der Waals surface area contributed by atoms with Crippen molar-refractivity contribution in [1.29, 1.82) is 0 Å². The number of halogens is 1. The Bertz CT molecular complexity index is 699. The Labute approximate surface area is 148 Å². The minimum absolute atomic E-state index is 0.0458. The molecule has 2 aromatic rings. The van der Waals surface area contributed by atoms with Gasteiger partial charge in [0, 0.05) is 19.3 Å². The number of carbonyl (C=O) groups is 1. The molecule has 5 heteroatoms. The van der Waals surface area contributed by atoms with Crippen molar-refractivity contribution in [2.75, 3.05) is 18.5 Å². The molecule has 0 aromatic heterocycles. The summed E-state index contributed by atoms with van der Waals surface area (Å²) in [6, 6.07) is 16.3. The first kappa shape index (κ1) is 17.4. The van der Waals surface area contributed by atoms with Gasteiger partial charge in [-0.25, -0.2) is 9.18 Å². The Balaban J connectivity index is 1.47. The largest absolute Gasteiger partial charge is 0.322 e. The molecule has 0 bridgehead atoms. The summed E-state index contributed by atoms with van der Waals surface area (Å²) in [4.78, 5) is 13.8. The minimum atomic E-state index is -0.350. The molecule has 1 saturated heterocycles. The van der Waals surface area contributed by atoms with E-state index in [0.717, 1.165) is 25.8 Å². The van der Waals surface area contributed by atoms with E-state index in [2.05, 4.69) is 34.9 Å². The lowest BCUT2D eigenvalue weighted by Crippen LogP contribution is -2.53. The number of hydrogen-bond acceptors (Lipinski definition) is 2. The molecule has 2 amide bonds. The van der Waals surface area contributed by atoms with E-state index in [1.165, 1.54) is 22.6 Å². The van der Waals surface area contributed by atoms with Gasteiger partial charge in [-0.3, -0.25) is 10.2 Å². The van der Waals surface area contributed by atoms with Crippen molar-refractivity contribution in [3.05, 3.63) is 66.0 Å². The molecule has 2 atom stereocenters. The normalized spacial score (nSPS) is 20.1. The molecule has 1 aliphatic heterocycles. The summed E-state index contributed by atoms with van der Waals surface area (Å²) in [5.41, 5.74) is 1.89. The fourth-order valence-corrected chi connectivity index (χ4v) is 3.21. The number of carbonyl (C=O) groups excluding carboxylic acids is 1. The average Bonchev–Trinajstić information content (AvgIpc) is 2.63. The number of benzene rings is 2. The van der Waals surface area contributed by atoms with Gasteiger partial charge < -0.3 is 5.32 Å². The van der Waals surface area contributed by atoms with Gasteiger partial charge in [0.05, 0.1) is 6.17 Å². The van der Waals surface area contributed by atoms with Gasteiger partial charge in [-0.05, 0) is 48.9 Å². The third-order valence-corrected chi connectivity index (χ3v) is 4.68. The molecule has 3 rings (SSSR count). The highest BCUT2D eigenvalue weighted by Crippen LogP contribution is 2.19. The summed E-state index contributed by atoms with van der Waals surface area (Å²) in [6.07, 6.45) is 2.96. The van der Waals surface area contributed by atoms with Crippen LogP contribution in [0.3, 0.4) is 0 Å². The van der Waals surface area contributed by atoms with Gasteiger partial charge in [-0.2, -0.15) is 0 Å². The van der Waals surface area contributed by atoms with Crippen LogP contribution in [0.5, 0.6) is 0 Å². The summed E-state index contributed by atoms with van der Waals surface area (Å²) in [5.74, 6) is 0.230. The summed E-state index contributed by atoms with van der Waals surface area (Å²) in [7, 11) is 1.64. The number of amides is 2. The highest BCUT2D eigenvalue weighted by atomic mass is 19.1. The molecule has 2 N–H and O–H groups in total. The predicted molar refractivity (Wildman–Crippen MR) is 98.0 cm³/mol. The smallest absolute Gasteiger partial charge is 0.322 e. The molecule has 1 heterocycles. The zero-order valence-corrected chi connectivity index (χ0v) is 14.4. The Morgan fingerprint density at radius 2 is 2.00 bits per heavy atom. The number of rotatable bonds is 4. The van der Waals surface area contributed by atoms with Crippen molar-refractivity contribution >= 4 is 11.7 Å². The molecule has 1 fully saturated rings. The molecular weight excluding hydrogens is 317 g/mol. The third-order valence-electron chi connectivity index (χ3n) is 4.68. The number of piperidine rings is 1. The van der Waals surface area contributed by atoms with Gasteiger partial charge in [0.15, 0.2) is 0 Å². The van der Waals surface area contributed by atoms with E-state index in [1.54, 1.807) is 19.2 Å². The molecule has 0 spiro atoms. The second-order valence-corrected chi connectivity index (χ2v) is 6.58. The zero-order chi connectivity index (χ0) is 17.6. The first-order chi connectivity index (χ1) is 12.1. The first-order valence-corrected chi connectivity index (χ1v) is 8.69. The Hall–Kier alpha value is -2.40. The van der Waals surface area contributed by atoms with Crippen LogP contribution in [0.4, 0.5) is 14.9 Å². The number of hydrogen-bond donors (Lipinski definition) is 2. The lowest BCUT2D eigenvalue weighted by molar-refractivity contribution is 0.228. The van der Waals surface area contributed by atoms with Gasteiger partial charge >= 0.3 is 6.03 Å². The van der Waals surface area contributed by atoms with Crippen molar-refractivity contribution in [1.82, 2.24) is 10.6 Å². The number of nitrogens with zero attached hydrogens (tertiary/aromatic N) is 1. The van der Waals surface area contributed by atoms with Crippen molar-refractivity contribution in [3.8, 4) is 0 Å². The van der Waals surface area contributed by atoms with Gasteiger partial charge in [-0.1, -0.05) is 36.4 Å². The molecule has 0 saturated carbocycles. The van der Waals surface area contributed by atoms with E-state index in [1.807, 2.05) is 6.07 Å². The van der Waals surface area contributed by atoms with E-state index in [9.17, 15) is 9.18 Å². The van der Waals surface area contributed by atoms with Gasteiger partial charge in [0.2, 0.25) is 0 Å². The highest BCUT2D eigenvalue weighted by Gasteiger charge is 2.23. The summed E-state index contributed by atoms with van der Waals surface area (Å²) in [5, 5.41) is 6.38. The number of anilines is 1. The molecule has 0 radical (unpaired) electrons. The van der Waals surface area contributed by atoms with E-state index in [0.29, 0.717) is 11.6 Å². The van der Waals surface area contributed by atoms with Crippen molar-refractivity contribution in [3.63, 3.8) is 0 Å². The average molecular weight is 341 g/mol. The lowest BCUT2D eigenvalue weighted by atomic mass is 9.91. The molecule has 2 aromatic carbocycles. The maximum Gasteiger partial charge on any atom is 0.322 e. The maximum atomic E-state index is 13.3. The van der Waals surface area contributed by atoms with Crippen LogP contribution in [-0.2, 0) is 6.42 Å². The van der Waals surface area contributed by atoms with E-state index in [4.69, 9.17) is 0 Å². The highest BCUT2D eigenvalue weighted by molar-refractivity contribution is 5.91. The van der Waals surface area contributed by atoms with Gasteiger partial charge in [0.1, 0.15) is 5.82 Å². The van der Waals surface area contributed by atoms with Crippen LogP contribution in [0.1, 0.15) is 18.4 Å². The quantitative estimate of drug-likeness (QED) is 0.893. The van der Waals surface area contributed by atoms with E-state index < -0.39 is 0 Å². The van der Waals surface area contributed by atoms with Gasteiger partial charge in [-0.15, -0.1) is 0 Å². The predicted octanol–water partition coefficient (Wildman–Crippen LogP) is 3.54. The Kier molecular flexibility index (Phi) is 5.66. The van der Waals surface area contributed by atoms with Crippen molar-refractivity contribution in [2.24, 2.45) is 5.92 Å². The van der Waals surface area contributed by atoms with E-state index in [-0.39, 0.29) is 18.0 Å². The second kappa shape index (κ2) is 8.12. The molecule has 132 valence electrons. The SMILES string of the molecule is CN(C(=O)N[C@@H]1CC[C@@H](Cc2ccccc2)CN1)c1cccc(F)c1. The number of urea groups is 1. The maximum absolute atomic E-state index is 13.3. The fraction of sp³-hybridized carbons (Fsp3) is 0.350. The van der Waals surface area contributed by atoms with Crippen LogP contribution in [0.2, 0.25) is 0 Å². The molecule has 25 heavy (non-hydrogen) atoms. The van der Waals surface area contributed by atoms with Crippen LogP contribution in [0.15, 0.2) is 54.6 Å². The van der Waals surface area contributed by atoms with Crippen molar-refractivity contribution in [2.45, 2.75) is 25.4 Å². The van der Waals surface area contributed by atoms with Crippen LogP contribution in [0, 0.1) is 11.7 Å². The number of nitrogens with one attached hydrogen (secondary N) is 2. The van der Waals surface area contributed by atoms with E-state index >= 15 is 0 Å². The summed E-state index contributed by atoms with van der Waals surface area (Å²) in [6.45, 7) is 0.878. The molecule has 1 aliphatic rings. The zero-order valence-electron chi connectivity index (χ0n) is 14.4. The minimum Gasteiger partial charge on any atom is -0.322 e. The molecule has 4 nitrogen and oxygen atoms in total. The third kappa shape index (κ3) is 4.79. The monoisotopic (exact) mass is 341 g/mol. The Morgan fingerprint density at radius 3 is 2.68 bits per heavy atom. The van der Waals surface area contributed by atoms with Crippen LogP contribution >= 0.6 is 0 Å². The second-order valence-electron chi connectivity index (χ2n) is 6.58. The molecular formula is C20H24FN3O. The topological polar surface area (TPSA) is 44.4 Å². The van der Waals surface area contributed by atoms with Gasteiger partial charge in [0.25, 0.3) is 0 Å².